The Bertz CT molecular complexity index is 841. The molecule has 1 aliphatic heterocycles. The van der Waals surface area contributed by atoms with E-state index in [4.69, 9.17) is 21.5 Å². The first kappa shape index (κ1) is 26.8. The van der Waals surface area contributed by atoms with E-state index in [2.05, 4.69) is 62.2 Å². The topological polar surface area (TPSA) is 52.6 Å². The van der Waals surface area contributed by atoms with Crippen LogP contribution in [0.25, 0.3) is 0 Å². The highest BCUT2D eigenvalue weighted by atomic mass is 35.5. The van der Waals surface area contributed by atoms with Crippen LogP contribution < -0.4 is 5.32 Å². The SMILES string of the molecule is Cc1cc(CNc2ccc(C)c(CN3CC(C)C3)c2C)ccc1Cl.FC(F)F.O=CO. The molecule has 0 aliphatic carbocycles. The van der Waals surface area contributed by atoms with Crippen molar-refractivity contribution in [2.75, 3.05) is 18.4 Å². The average molecular weight is 459 g/mol. The van der Waals surface area contributed by atoms with E-state index >= 15 is 0 Å². The fraction of sp³-hybridized carbons (Fsp3) is 0.435. The van der Waals surface area contributed by atoms with Crippen molar-refractivity contribution in [2.45, 2.75) is 47.5 Å². The molecule has 1 aliphatic rings. The number of carboxylic acid groups (broad SMARTS) is 1. The molecule has 0 atom stereocenters. The summed E-state index contributed by atoms with van der Waals surface area (Å²) in [7, 11) is 0. The molecule has 0 radical (unpaired) electrons. The third-order valence-corrected chi connectivity index (χ3v) is 5.48. The van der Waals surface area contributed by atoms with Crippen LogP contribution in [0.15, 0.2) is 30.3 Å². The molecule has 8 heteroatoms. The Labute approximate surface area is 187 Å². The van der Waals surface area contributed by atoms with Crippen molar-refractivity contribution in [3.8, 4) is 0 Å². The molecule has 1 fully saturated rings. The van der Waals surface area contributed by atoms with Gasteiger partial charge in [-0.15, -0.1) is 0 Å². The van der Waals surface area contributed by atoms with Gasteiger partial charge in [0.1, 0.15) is 0 Å². The lowest BCUT2D eigenvalue weighted by Gasteiger charge is -2.38. The molecule has 2 aromatic carbocycles. The number of hydrogen-bond donors (Lipinski definition) is 2. The number of rotatable bonds is 5. The van der Waals surface area contributed by atoms with Gasteiger partial charge in [0.15, 0.2) is 0 Å². The maximum Gasteiger partial charge on any atom is 0.379 e. The number of halogens is 4. The zero-order valence-corrected chi connectivity index (χ0v) is 19.0. The Morgan fingerprint density at radius 1 is 1.16 bits per heavy atom. The predicted molar refractivity (Wildman–Crippen MR) is 120 cm³/mol. The standard InChI is InChI=1S/C21H27ClN2.CHF3.CH2O2/c1-14-11-24(12-14)13-19-15(2)5-8-21(17(19)4)23-10-18-6-7-20(22)16(3)9-18;2-1(3)4;2-1-3/h5-9,14,23H,10-13H2,1-4H3;1H;1H,(H,2,3). The quantitative estimate of drug-likeness (QED) is 0.523. The molecule has 0 unspecified atom stereocenters. The fourth-order valence-electron chi connectivity index (χ4n) is 3.52. The number of likely N-dealkylation sites (tertiary alicyclic amines) is 1. The second-order valence-corrected chi connectivity index (χ2v) is 8.03. The molecule has 4 nitrogen and oxygen atoms in total. The van der Waals surface area contributed by atoms with Crippen LogP contribution >= 0.6 is 11.6 Å². The van der Waals surface area contributed by atoms with E-state index in [9.17, 15) is 13.2 Å². The Balaban J connectivity index is 0.000000604. The van der Waals surface area contributed by atoms with Crippen molar-refractivity contribution in [3.05, 3.63) is 63.2 Å². The van der Waals surface area contributed by atoms with Gasteiger partial charge in [-0.3, -0.25) is 9.69 Å². The zero-order valence-electron chi connectivity index (χ0n) is 18.3. The van der Waals surface area contributed by atoms with E-state index in [0.29, 0.717) is 0 Å². The summed E-state index contributed by atoms with van der Waals surface area (Å²) in [5, 5.41) is 11.3. The summed E-state index contributed by atoms with van der Waals surface area (Å²) < 4.78 is 29.0. The smallest absolute Gasteiger partial charge is 0.379 e. The van der Waals surface area contributed by atoms with E-state index in [1.165, 1.54) is 41.0 Å². The van der Waals surface area contributed by atoms with Gasteiger partial charge >= 0.3 is 6.68 Å². The number of aryl methyl sites for hydroxylation is 2. The first-order chi connectivity index (χ1) is 14.6. The molecule has 2 N–H and O–H groups in total. The van der Waals surface area contributed by atoms with Crippen LogP contribution in [0.1, 0.15) is 34.7 Å². The van der Waals surface area contributed by atoms with Gasteiger partial charge in [-0.1, -0.05) is 36.7 Å². The van der Waals surface area contributed by atoms with E-state index in [1.54, 1.807) is 0 Å². The Hall–Kier alpha value is -2.25. The second-order valence-electron chi connectivity index (χ2n) is 7.62. The second kappa shape index (κ2) is 13.2. The Morgan fingerprint density at radius 2 is 1.74 bits per heavy atom. The van der Waals surface area contributed by atoms with E-state index in [0.717, 1.165) is 29.6 Å². The molecule has 31 heavy (non-hydrogen) atoms. The molecule has 2 aromatic rings. The van der Waals surface area contributed by atoms with Crippen LogP contribution in [-0.4, -0.2) is 36.2 Å². The van der Waals surface area contributed by atoms with E-state index < -0.39 is 6.68 Å². The third-order valence-electron chi connectivity index (χ3n) is 5.06. The summed E-state index contributed by atoms with van der Waals surface area (Å²) >= 11 is 6.11. The van der Waals surface area contributed by atoms with Crippen LogP contribution in [0.4, 0.5) is 18.9 Å². The fourth-order valence-corrected chi connectivity index (χ4v) is 3.64. The molecular formula is C23H30ClF3N2O2. The molecule has 0 amide bonds. The van der Waals surface area contributed by atoms with Crippen LogP contribution in [-0.2, 0) is 17.9 Å². The minimum absolute atomic E-state index is 0.250. The van der Waals surface area contributed by atoms with E-state index in [-0.39, 0.29) is 6.47 Å². The van der Waals surface area contributed by atoms with Gasteiger partial charge in [0.05, 0.1) is 0 Å². The Morgan fingerprint density at radius 3 is 2.26 bits per heavy atom. The minimum atomic E-state index is -3.67. The van der Waals surface area contributed by atoms with E-state index in [1.807, 2.05) is 6.07 Å². The third kappa shape index (κ3) is 9.19. The van der Waals surface area contributed by atoms with Gasteiger partial charge in [0.2, 0.25) is 0 Å². The maximum absolute atomic E-state index is 9.67. The number of hydrogen-bond acceptors (Lipinski definition) is 3. The average Bonchev–Trinajstić information content (AvgIpc) is 2.65. The molecule has 0 saturated carbocycles. The molecule has 172 valence electrons. The summed E-state index contributed by atoms with van der Waals surface area (Å²) in [5.41, 5.74) is 7.86. The normalized spacial score (nSPS) is 13.5. The maximum atomic E-state index is 9.67. The van der Waals surface area contributed by atoms with Crippen molar-refractivity contribution >= 4 is 23.8 Å². The molecular weight excluding hydrogens is 429 g/mol. The summed E-state index contributed by atoms with van der Waals surface area (Å²) in [6, 6.07) is 10.7. The lowest BCUT2D eigenvalue weighted by molar-refractivity contribution is -0.122. The first-order valence-electron chi connectivity index (χ1n) is 9.89. The first-order valence-corrected chi connectivity index (χ1v) is 10.3. The number of alkyl halides is 3. The van der Waals surface area contributed by atoms with Gasteiger partial charge in [0, 0.05) is 36.9 Å². The van der Waals surface area contributed by atoms with Gasteiger partial charge < -0.3 is 10.4 Å². The van der Waals surface area contributed by atoms with Gasteiger partial charge in [-0.2, -0.15) is 13.2 Å². The van der Waals surface area contributed by atoms with Crippen LogP contribution in [0.5, 0.6) is 0 Å². The number of nitrogens with zero attached hydrogens (tertiary/aromatic N) is 1. The number of anilines is 1. The van der Waals surface area contributed by atoms with Crippen LogP contribution in [0.2, 0.25) is 5.02 Å². The largest absolute Gasteiger partial charge is 0.483 e. The molecule has 0 bridgehead atoms. The number of benzene rings is 2. The van der Waals surface area contributed by atoms with Gasteiger partial charge in [0.25, 0.3) is 6.47 Å². The molecule has 1 saturated heterocycles. The van der Waals surface area contributed by atoms with Gasteiger partial charge in [-0.05, 0) is 66.6 Å². The molecule has 0 spiro atoms. The van der Waals surface area contributed by atoms with Crippen LogP contribution in [0.3, 0.4) is 0 Å². The summed E-state index contributed by atoms with van der Waals surface area (Å²) in [6.45, 7) is 9.25. The molecule has 0 aromatic heterocycles. The monoisotopic (exact) mass is 458 g/mol. The highest BCUT2D eigenvalue weighted by molar-refractivity contribution is 6.31. The van der Waals surface area contributed by atoms with Crippen molar-refractivity contribution in [1.29, 1.82) is 0 Å². The van der Waals surface area contributed by atoms with Gasteiger partial charge in [-0.25, -0.2) is 0 Å². The summed E-state index contributed by atoms with van der Waals surface area (Å²) in [4.78, 5) is 10.9. The van der Waals surface area contributed by atoms with Crippen molar-refractivity contribution in [3.63, 3.8) is 0 Å². The van der Waals surface area contributed by atoms with Crippen LogP contribution in [0, 0.1) is 26.7 Å². The zero-order chi connectivity index (χ0) is 23.6. The Kier molecular flexibility index (Phi) is 11.4. The van der Waals surface area contributed by atoms with Crippen molar-refractivity contribution in [2.24, 2.45) is 5.92 Å². The highest BCUT2D eigenvalue weighted by Crippen LogP contribution is 2.27. The van der Waals surface area contributed by atoms with Crippen molar-refractivity contribution in [1.82, 2.24) is 4.90 Å². The lowest BCUT2D eigenvalue weighted by atomic mass is 9.96. The number of carbonyl (C=O) groups is 1. The number of nitrogens with one attached hydrogen (secondary N) is 1. The molecule has 3 rings (SSSR count). The molecule has 1 heterocycles. The summed E-state index contributed by atoms with van der Waals surface area (Å²) in [5.74, 6) is 0.847. The predicted octanol–water partition coefficient (Wildman–Crippen LogP) is 6.21. The highest BCUT2D eigenvalue weighted by Gasteiger charge is 2.23. The lowest BCUT2D eigenvalue weighted by Crippen LogP contribution is -2.44. The summed E-state index contributed by atoms with van der Waals surface area (Å²) in [6.07, 6.45) is 0. The minimum Gasteiger partial charge on any atom is -0.483 e. The van der Waals surface area contributed by atoms with Crippen molar-refractivity contribution < 1.29 is 23.1 Å².